The number of nitrogens with one attached hydrogen (secondary N) is 1. The Kier molecular flexibility index (Phi) is 4.90. The molecule has 4 N–H and O–H groups in total. The minimum absolute atomic E-state index is 0.0248. The molecule has 0 aromatic heterocycles. The predicted octanol–water partition coefficient (Wildman–Crippen LogP) is 1.75. The van der Waals surface area contributed by atoms with Crippen molar-refractivity contribution in [1.29, 1.82) is 0 Å². The summed E-state index contributed by atoms with van der Waals surface area (Å²) in [6, 6.07) is 4.21. The Hall–Kier alpha value is -0.820. The monoisotopic (exact) mass is 318 g/mol. The largest absolute Gasteiger partial charge is 0.397 e. The van der Waals surface area contributed by atoms with Crippen molar-refractivity contribution in [3.05, 3.63) is 23.2 Å². The second kappa shape index (κ2) is 6.30. The molecule has 1 aromatic carbocycles. The lowest BCUT2D eigenvalue weighted by Gasteiger charge is -2.27. The molecule has 5 nitrogen and oxygen atoms in total. The van der Waals surface area contributed by atoms with Crippen molar-refractivity contribution in [3.8, 4) is 0 Å². The van der Waals surface area contributed by atoms with Crippen molar-refractivity contribution < 1.29 is 13.5 Å². The second-order valence-electron chi connectivity index (χ2n) is 5.15. The highest BCUT2D eigenvalue weighted by atomic mass is 35.5. The molecule has 0 aliphatic heterocycles. The third kappa shape index (κ3) is 3.63. The Morgan fingerprint density at radius 1 is 1.35 bits per heavy atom. The van der Waals surface area contributed by atoms with E-state index in [2.05, 4.69) is 4.72 Å². The van der Waals surface area contributed by atoms with E-state index in [1.165, 1.54) is 18.2 Å². The van der Waals surface area contributed by atoms with Gasteiger partial charge in [0.2, 0.25) is 10.0 Å². The molecule has 0 radical (unpaired) electrons. The molecule has 2 unspecified atom stereocenters. The van der Waals surface area contributed by atoms with E-state index < -0.39 is 16.1 Å². The Labute approximate surface area is 124 Å². The fourth-order valence-electron chi connectivity index (χ4n) is 2.42. The Morgan fingerprint density at radius 3 is 2.70 bits per heavy atom. The van der Waals surface area contributed by atoms with Gasteiger partial charge in [-0.05, 0) is 37.0 Å². The molecule has 1 aliphatic rings. The summed E-state index contributed by atoms with van der Waals surface area (Å²) in [6.07, 6.45) is 3.17. The number of benzene rings is 1. The summed E-state index contributed by atoms with van der Waals surface area (Å²) in [6.45, 7) is 0.242. The van der Waals surface area contributed by atoms with Gasteiger partial charge in [-0.1, -0.05) is 24.4 Å². The van der Waals surface area contributed by atoms with Crippen LogP contribution >= 0.6 is 11.6 Å². The summed E-state index contributed by atoms with van der Waals surface area (Å²) in [5, 5.41) is 10.2. The van der Waals surface area contributed by atoms with Gasteiger partial charge in [0.05, 0.1) is 21.7 Å². The molecule has 2 rings (SSSR count). The molecule has 0 bridgehead atoms. The molecule has 0 heterocycles. The summed E-state index contributed by atoms with van der Waals surface area (Å²) in [5.41, 5.74) is 5.84. The molecule has 1 fully saturated rings. The molecule has 7 heteroatoms. The van der Waals surface area contributed by atoms with Crippen LogP contribution in [0.15, 0.2) is 23.1 Å². The van der Waals surface area contributed by atoms with Crippen LogP contribution in [-0.4, -0.2) is 26.2 Å². The average Bonchev–Trinajstić information content (AvgIpc) is 2.41. The maximum Gasteiger partial charge on any atom is 0.240 e. The number of nitrogens with two attached hydrogens (primary N) is 1. The normalized spacial score (nSPS) is 23.7. The molecular formula is C13H19ClN2O3S. The topological polar surface area (TPSA) is 92.4 Å². The molecule has 0 amide bonds. The summed E-state index contributed by atoms with van der Waals surface area (Å²) in [5.74, 6) is -0.0248. The first kappa shape index (κ1) is 15.6. The van der Waals surface area contributed by atoms with Crippen LogP contribution < -0.4 is 10.5 Å². The highest BCUT2D eigenvalue weighted by molar-refractivity contribution is 7.89. The zero-order chi connectivity index (χ0) is 14.8. The van der Waals surface area contributed by atoms with E-state index in [9.17, 15) is 13.5 Å². The predicted molar refractivity (Wildman–Crippen MR) is 79.0 cm³/mol. The number of sulfonamides is 1. The lowest BCUT2D eigenvalue weighted by atomic mass is 9.87. The maximum absolute atomic E-state index is 12.2. The number of aliphatic hydroxyl groups excluding tert-OH is 1. The van der Waals surface area contributed by atoms with E-state index in [0.29, 0.717) is 5.02 Å². The van der Waals surface area contributed by atoms with Gasteiger partial charge in [-0.3, -0.25) is 0 Å². The molecule has 20 heavy (non-hydrogen) atoms. The quantitative estimate of drug-likeness (QED) is 0.737. The van der Waals surface area contributed by atoms with E-state index in [4.69, 9.17) is 17.3 Å². The fourth-order valence-corrected chi connectivity index (χ4v) is 3.66. The van der Waals surface area contributed by atoms with E-state index in [0.717, 1.165) is 25.7 Å². The second-order valence-corrected chi connectivity index (χ2v) is 7.32. The van der Waals surface area contributed by atoms with Crippen LogP contribution in [0.4, 0.5) is 5.69 Å². The minimum atomic E-state index is -3.62. The smallest absolute Gasteiger partial charge is 0.240 e. The summed E-state index contributed by atoms with van der Waals surface area (Å²) in [7, 11) is -3.62. The third-order valence-electron chi connectivity index (χ3n) is 3.68. The summed E-state index contributed by atoms with van der Waals surface area (Å²) >= 11 is 5.78. The molecule has 1 aliphatic carbocycles. The Bertz CT molecular complexity index is 577. The van der Waals surface area contributed by atoms with Crippen molar-refractivity contribution >= 4 is 27.3 Å². The van der Waals surface area contributed by atoms with Gasteiger partial charge in [-0.25, -0.2) is 13.1 Å². The first-order chi connectivity index (χ1) is 9.40. The molecule has 112 valence electrons. The van der Waals surface area contributed by atoms with Gasteiger partial charge in [-0.2, -0.15) is 0 Å². The number of rotatable bonds is 4. The standard InChI is InChI=1S/C13H19ClN2O3S/c14-11-6-5-10(7-12(11)15)20(18,19)16-8-9-3-1-2-4-13(9)17/h5-7,9,13,16-17H,1-4,8,15H2. The Morgan fingerprint density at radius 2 is 2.05 bits per heavy atom. The van der Waals surface area contributed by atoms with E-state index >= 15 is 0 Å². The Balaban J connectivity index is 2.05. The van der Waals surface area contributed by atoms with E-state index in [-0.39, 0.29) is 23.0 Å². The van der Waals surface area contributed by atoms with Gasteiger partial charge < -0.3 is 10.8 Å². The maximum atomic E-state index is 12.2. The number of nitrogen functional groups attached to an aromatic ring is 1. The van der Waals surface area contributed by atoms with Crippen LogP contribution in [0.25, 0.3) is 0 Å². The van der Waals surface area contributed by atoms with Crippen molar-refractivity contribution in [2.75, 3.05) is 12.3 Å². The van der Waals surface area contributed by atoms with Crippen LogP contribution in [-0.2, 0) is 10.0 Å². The number of hydrogen-bond donors (Lipinski definition) is 3. The fraction of sp³-hybridized carbons (Fsp3) is 0.538. The minimum Gasteiger partial charge on any atom is -0.397 e. The number of aliphatic hydroxyl groups is 1. The summed E-state index contributed by atoms with van der Waals surface area (Å²) < 4.78 is 26.8. The van der Waals surface area contributed by atoms with Gasteiger partial charge in [0.25, 0.3) is 0 Å². The van der Waals surface area contributed by atoms with Crippen molar-refractivity contribution in [2.45, 2.75) is 36.7 Å². The van der Waals surface area contributed by atoms with E-state index in [1.54, 1.807) is 0 Å². The van der Waals surface area contributed by atoms with Gasteiger partial charge in [0.1, 0.15) is 0 Å². The highest BCUT2D eigenvalue weighted by Crippen LogP contribution is 2.25. The first-order valence-corrected chi connectivity index (χ1v) is 8.49. The van der Waals surface area contributed by atoms with Gasteiger partial charge in [-0.15, -0.1) is 0 Å². The first-order valence-electron chi connectivity index (χ1n) is 6.63. The molecule has 0 spiro atoms. The molecular weight excluding hydrogens is 300 g/mol. The molecule has 1 aromatic rings. The number of anilines is 1. The summed E-state index contributed by atoms with van der Waals surface area (Å²) in [4.78, 5) is 0.0877. The lowest BCUT2D eigenvalue weighted by molar-refractivity contribution is 0.0724. The SMILES string of the molecule is Nc1cc(S(=O)(=O)NCC2CCCCC2O)ccc1Cl. The van der Waals surface area contributed by atoms with Crippen LogP contribution in [0.2, 0.25) is 5.02 Å². The highest BCUT2D eigenvalue weighted by Gasteiger charge is 2.25. The van der Waals surface area contributed by atoms with Gasteiger partial charge in [0, 0.05) is 6.54 Å². The van der Waals surface area contributed by atoms with Gasteiger partial charge in [0.15, 0.2) is 0 Å². The zero-order valence-corrected chi connectivity index (χ0v) is 12.6. The third-order valence-corrected chi connectivity index (χ3v) is 5.45. The van der Waals surface area contributed by atoms with Crippen LogP contribution in [0.1, 0.15) is 25.7 Å². The number of halogens is 1. The lowest BCUT2D eigenvalue weighted by Crippen LogP contribution is -2.36. The molecule has 1 saturated carbocycles. The molecule has 0 saturated heterocycles. The van der Waals surface area contributed by atoms with Crippen LogP contribution in [0.3, 0.4) is 0 Å². The zero-order valence-electron chi connectivity index (χ0n) is 11.0. The van der Waals surface area contributed by atoms with Crippen molar-refractivity contribution in [3.63, 3.8) is 0 Å². The van der Waals surface area contributed by atoms with Gasteiger partial charge >= 0.3 is 0 Å². The van der Waals surface area contributed by atoms with Crippen LogP contribution in [0, 0.1) is 5.92 Å². The van der Waals surface area contributed by atoms with Crippen molar-refractivity contribution in [2.24, 2.45) is 5.92 Å². The average molecular weight is 319 g/mol. The van der Waals surface area contributed by atoms with Crippen LogP contribution in [0.5, 0.6) is 0 Å². The number of hydrogen-bond acceptors (Lipinski definition) is 4. The molecule has 2 atom stereocenters. The van der Waals surface area contributed by atoms with Crippen molar-refractivity contribution in [1.82, 2.24) is 4.72 Å². The van der Waals surface area contributed by atoms with E-state index in [1.807, 2.05) is 0 Å².